The average Bonchev–Trinajstić information content (AvgIpc) is 2.59. The Morgan fingerprint density at radius 2 is 1.92 bits per heavy atom. The van der Waals surface area contributed by atoms with Gasteiger partial charge in [0, 0.05) is 37.5 Å². The molecule has 1 unspecified atom stereocenters. The van der Waals surface area contributed by atoms with Crippen molar-refractivity contribution in [2.75, 3.05) is 20.1 Å². The Labute approximate surface area is 145 Å². The quantitative estimate of drug-likeness (QED) is 0.782. The number of amides is 1. The smallest absolute Gasteiger partial charge is 0.223 e. The highest BCUT2D eigenvalue weighted by Crippen LogP contribution is 2.14. The molecule has 1 aliphatic rings. The molecule has 1 saturated heterocycles. The SMILES string of the molecule is CNC1CCCN(C(=O)CCC(=O)c2ccc(CC(C)C)cc2)C1. The first-order valence-electron chi connectivity index (χ1n) is 9.06. The van der Waals surface area contributed by atoms with Gasteiger partial charge in [-0.1, -0.05) is 38.1 Å². The van der Waals surface area contributed by atoms with Crippen molar-refractivity contribution >= 4 is 11.7 Å². The second-order valence-corrected chi connectivity index (χ2v) is 7.19. The number of likely N-dealkylation sites (N-methyl/N-ethyl adjacent to an activating group) is 1. The van der Waals surface area contributed by atoms with Crippen LogP contribution in [0.15, 0.2) is 24.3 Å². The summed E-state index contributed by atoms with van der Waals surface area (Å²) in [5, 5.41) is 3.24. The number of rotatable bonds is 7. The third-order valence-corrected chi connectivity index (χ3v) is 4.67. The van der Waals surface area contributed by atoms with E-state index in [1.165, 1.54) is 5.56 Å². The molecule has 2 rings (SSSR count). The summed E-state index contributed by atoms with van der Waals surface area (Å²) in [6.07, 6.45) is 3.77. The van der Waals surface area contributed by atoms with Crippen LogP contribution in [0.2, 0.25) is 0 Å². The number of ketones is 1. The molecule has 4 heteroatoms. The molecule has 0 bridgehead atoms. The second-order valence-electron chi connectivity index (χ2n) is 7.19. The highest BCUT2D eigenvalue weighted by Gasteiger charge is 2.22. The van der Waals surface area contributed by atoms with Crippen LogP contribution in [-0.4, -0.2) is 42.8 Å². The number of nitrogens with one attached hydrogen (secondary N) is 1. The highest BCUT2D eigenvalue weighted by molar-refractivity contribution is 5.98. The van der Waals surface area contributed by atoms with Gasteiger partial charge < -0.3 is 10.2 Å². The van der Waals surface area contributed by atoms with Crippen molar-refractivity contribution in [2.24, 2.45) is 5.92 Å². The summed E-state index contributed by atoms with van der Waals surface area (Å²) >= 11 is 0. The zero-order chi connectivity index (χ0) is 17.5. The lowest BCUT2D eigenvalue weighted by Crippen LogP contribution is -2.47. The van der Waals surface area contributed by atoms with Gasteiger partial charge in [0.25, 0.3) is 0 Å². The molecule has 24 heavy (non-hydrogen) atoms. The van der Waals surface area contributed by atoms with Crippen molar-refractivity contribution in [3.8, 4) is 0 Å². The molecule has 1 amide bonds. The maximum Gasteiger partial charge on any atom is 0.223 e. The topological polar surface area (TPSA) is 49.4 Å². The molecule has 0 radical (unpaired) electrons. The summed E-state index contributed by atoms with van der Waals surface area (Å²) in [7, 11) is 1.94. The summed E-state index contributed by atoms with van der Waals surface area (Å²) in [5.74, 6) is 0.761. The molecule has 1 aromatic carbocycles. The summed E-state index contributed by atoms with van der Waals surface area (Å²) in [6, 6.07) is 8.21. The van der Waals surface area contributed by atoms with Crippen molar-refractivity contribution in [1.29, 1.82) is 0 Å². The third-order valence-electron chi connectivity index (χ3n) is 4.67. The van der Waals surface area contributed by atoms with Crippen LogP contribution in [0.5, 0.6) is 0 Å². The first-order valence-corrected chi connectivity index (χ1v) is 9.06. The normalized spacial score (nSPS) is 18.0. The molecular formula is C20H30N2O2. The van der Waals surface area contributed by atoms with Gasteiger partial charge in [-0.3, -0.25) is 9.59 Å². The molecule has 1 aromatic rings. The van der Waals surface area contributed by atoms with E-state index < -0.39 is 0 Å². The number of carbonyl (C=O) groups is 2. The van der Waals surface area contributed by atoms with Crippen molar-refractivity contribution in [2.45, 2.75) is 52.0 Å². The van der Waals surface area contributed by atoms with Crippen LogP contribution in [0, 0.1) is 5.92 Å². The number of Topliss-reactive ketones (excluding diaryl/α,β-unsaturated/α-hetero) is 1. The second kappa shape index (κ2) is 8.97. The zero-order valence-electron chi connectivity index (χ0n) is 15.2. The van der Waals surface area contributed by atoms with E-state index in [1.807, 2.05) is 36.2 Å². The Balaban J connectivity index is 1.82. The van der Waals surface area contributed by atoms with E-state index in [2.05, 4.69) is 19.2 Å². The Kier molecular flexibility index (Phi) is 6.98. The van der Waals surface area contributed by atoms with Crippen LogP contribution in [0.3, 0.4) is 0 Å². The van der Waals surface area contributed by atoms with Gasteiger partial charge in [-0.25, -0.2) is 0 Å². The molecule has 1 N–H and O–H groups in total. The standard InChI is InChI=1S/C20H30N2O2/c1-15(2)13-16-6-8-17(9-7-16)19(23)10-11-20(24)22-12-4-5-18(14-22)21-3/h6-9,15,18,21H,4-5,10-14H2,1-3H3. The molecule has 1 atom stereocenters. The Bertz CT molecular complexity index is 551. The van der Waals surface area contributed by atoms with Gasteiger partial charge in [0.15, 0.2) is 5.78 Å². The number of benzene rings is 1. The van der Waals surface area contributed by atoms with Gasteiger partial charge in [0.1, 0.15) is 0 Å². The molecule has 0 spiro atoms. The monoisotopic (exact) mass is 330 g/mol. The van der Waals surface area contributed by atoms with E-state index >= 15 is 0 Å². The lowest BCUT2D eigenvalue weighted by molar-refractivity contribution is -0.132. The number of carbonyl (C=O) groups excluding carboxylic acids is 2. The minimum atomic E-state index is 0.0571. The van der Waals surface area contributed by atoms with E-state index in [1.54, 1.807) is 0 Å². The molecule has 0 aromatic heterocycles. The van der Waals surface area contributed by atoms with Crippen molar-refractivity contribution in [3.05, 3.63) is 35.4 Å². The van der Waals surface area contributed by atoms with Crippen molar-refractivity contribution in [1.82, 2.24) is 10.2 Å². The van der Waals surface area contributed by atoms with Gasteiger partial charge in [-0.05, 0) is 37.8 Å². The molecule has 1 fully saturated rings. The Morgan fingerprint density at radius 1 is 1.21 bits per heavy atom. The lowest BCUT2D eigenvalue weighted by Gasteiger charge is -2.32. The van der Waals surface area contributed by atoms with Gasteiger partial charge >= 0.3 is 0 Å². The summed E-state index contributed by atoms with van der Waals surface area (Å²) < 4.78 is 0. The maximum absolute atomic E-state index is 12.3. The van der Waals surface area contributed by atoms with E-state index in [0.717, 1.165) is 32.4 Å². The summed E-state index contributed by atoms with van der Waals surface area (Å²) in [4.78, 5) is 26.5. The van der Waals surface area contributed by atoms with Crippen LogP contribution >= 0.6 is 0 Å². The number of hydrogen-bond acceptors (Lipinski definition) is 3. The molecule has 4 nitrogen and oxygen atoms in total. The molecule has 1 aliphatic heterocycles. The number of hydrogen-bond donors (Lipinski definition) is 1. The predicted octanol–water partition coefficient (Wildman–Crippen LogP) is 3.06. The fraction of sp³-hybridized carbons (Fsp3) is 0.600. The van der Waals surface area contributed by atoms with E-state index in [9.17, 15) is 9.59 Å². The van der Waals surface area contributed by atoms with Gasteiger partial charge in [-0.2, -0.15) is 0 Å². The minimum Gasteiger partial charge on any atom is -0.341 e. The van der Waals surface area contributed by atoms with E-state index in [-0.39, 0.29) is 11.7 Å². The van der Waals surface area contributed by atoms with Crippen LogP contribution in [0.25, 0.3) is 0 Å². The van der Waals surface area contributed by atoms with Crippen LogP contribution in [-0.2, 0) is 11.2 Å². The average molecular weight is 330 g/mol. The fourth-order valence-corrected chi connectivity index (χ4v) is 3.26. The first kappa shape index (κ1) is 18.7. The number of nitrogens with zero attached hydrogens (tertiary/aromatic N) is 1. The maximum atomic E-state index is 12.3. The predicted molar refractivity (Wildman–Crippen MR) is 97.2 cm³/mol. The first-order chi connectivity index (χ1) is 11.5. The van der Waals surface area contributed by atoms with E-state index in [0.29, 0.717) is 30.4 Å². The number of piperidine rings is 1. The molecule has 0 aliphatic carbocycles. The zero-order valence-corrected chi connectivity index (χ0v) is 15.2. The molecule has 0 saturated carbocycles. The summed E-state index contributed by atoms with van der Waals surface area (Å²) in [5.41, 5.74) is 1.96. The van der Waals surface area contributed by atoms with Gasteiger partial charge in [0.05, 0.1) is 0 Å². The van der Waals surface area contributed by atoms with Crippen LogP contribution in [0.4, 0.5) is 0 Å². The van der Waals surface area contributed by atoms with Gasteiger partial charge in [0.2, 0.25) is 5.91 Å². The van der Waals surface area contributed by atoms with Crippen LogP contribution < -0.4 is 5.32 Å². The molecule has 132 valence electrons. The van der Waals surface area contributed by atoms with Crippen LogP contribution in [0.1, 0.15) is 55.5 Å². The Morgan fingerprint density at radius 3 is 2.54 bits per heavy atom. The largest absolute Gasteiger partial charge is 0.341 e. The number of likely N-dealkylation sites (tertiary alicyclic amines) is 1. The third kappa shape index (κ3) is 5.45. The minimum absolute atomic E-state index is 0.0571. The fourth-order valence-electron chi connectivity index (χ4n) is 3.26. The molecule has 1 heterocycles. The van der Waals surface area contributed by atoms with E-state index in [4.69, 9.17) is 0 Å². The van der Waals surface area contributed by atoms with Crippen molar-refractivity contribution < 1.29 is 9.59 Å². The molecular weight excluding hydrogens is 300 g/mol. The van der Waals surface area contributed by atoms with Crippen molar-refractivity contribution in [3.63, 3.8) is 0 Å². The lowest BCUT2D eigenvalue weighted by atomic mass is 9.99. The summed E-state index contributed by atoms with van der Waals surface area (Å²) in [6.45, 7) is 5.94. The Hall–Kier alpha value is -1.68. The van der Waals surface area contributed by atoms with Gasteiger partial charge in [-0.15, -0.1) is 0 Å². The highest BCUT2D eigenvalue weighted by atomic mass is 16.2.